The third kappa shape index (κ3) is 8.15. The zero-order chi connectivity index (χ0) is 19.2. The number of phenols is 1. The maximum absolute atomic E-state index is 10.3. The van der Waals surface area contributed by atoms with Gasteiger partial charge in [-0.05, 0) is 18.9 Å². The molecule has 0 radical (unpaired) electrons. The van der Waals surface area contributed by atoms with E-state index in [4.69, 9.17) is 0 Å². The third-order valence-electron chi connectivity index (χ3n) is 5.30. The van der Waals surface area contributed by atoms with Gasteiger partial charge >= 0.3 is 0 Å². The van der Waals surface area contributed by atoms with Crippen molar-refractivity contribution in [2.75, 3.05) is 0 Å². The Bertz CT molecular complexity index is 677. The summed E-state index contributed by atoms with van der Waals surface area (Å²) in [5.41, 5.74) is 1.55. The fourth-order valence-electron chi connectivity index (χ4n) is 3.59. The number of hydrogen-bond donors (Lipinski definition) is 1. The van der Waals surface area contributed by atoms with Gasteiger partial charge in [0, 0.05) is 17.1 Å². The van der Waals surface area contributed by atoms with E-state index < -0.39 is 0 Å². The van der Waals surface area contributed by atoms with Crippen molar-refractivity contribution in [3.63, 3.8) is 0 Å². The first-order chi connectivity index (χ1) is 13.3. The van der Waals surface area contributed by atoms with Gasteiger partial charge in [-0.15, -0.1) is 0 Å². The van der Waals surface area contributed by atoms with Crippen LogP contribution in [0.3, 0.4) is 0 Å². The molecule has 0 aliphatic carbocycles. The largest absolute Gasteiger partial charge is 0.505 e. The number of aromatic nitrogens is 1. The van der Waals surface area contributed by atoms with Crippen LogP contribution in [0.2, 0.25) is 0 Å². The number of hydrogen-bond acceptors (Lipinski definition) is 2. The molecule has 0 saturated carbocycles. The molecule has 2 rings (SSSR count). The first-order valence-electron chi connectivity index (χ1n) is 11.1. The minimum Gasteiger partial charge on any atom is -0.505 e. The maximum Gasteiger partial charge on any atom is 0.148 e. The second-order valence-electron chi connectivity index (χ2n) is 7.66. The molecule has 0 atom stereocenters. The van der Waals surface area contributed by atoms with Crippen molar-refractivity contribution < 1.29 is 5.11 Å². The van der Waals surface area contributed by atoms with Crippen LogP contribution in [-0.4, -0.2) is 10.1 Å². The Morgan fingerprint density at radius 1 is 0.815 bits per heavy atom. The second kappa shape index (κ2) is 13.4. The molecule has 0 bridgehead atoms. The topological polar surface area (TPSA) is 33.1 Å². The zero-order valence-electron chi connectivity index (χ0n) is 17.1. The zero-order valence-corrected chi connectivity index (χ0v) is 17.1. The lowest BCUT2D eigenvalue weighted by Crippen LogP contribution is -1.83. The lowest BCUT2D eigenvalue weighted by Gasteiger charge is -2.03. The molecule has 2 aromatic rings. The van der Waals surface area contributed by atoms with Gasteiger partial charge in [0.15, 0.2) is 0 Å². The number of allylic oxidation sites excluding steroid dienone is 1. The summed E-state index contributed by atoms with van der Waals surface area (Å²) in [7, 11) is 0. The molecular formula is C25H37NO. The summed E-state index contributed by atoms with van der Waals surface area (Å²) in [6.45, 7) is 2.28. The van der Waals surface area contributed by atoms with Gasteiger partial charge in [0.25, 0.3) is 0 Å². The molecule has 1 aromatic heterocycles. The molecule has 0 fully saturated rings. The lowest BCUT2D eigenvalue weighted by molar-refractivity contribution is 0.479. The summed E-state index contributed by atoms with van der Waals surface area (Å²) in [4.78, 5) is 4.28. The quantitative estimate of drug-likeness (QED) is 0.343. The van der Waals surface area contributed by atoms with E-state index in [0.29, 0.717) is 11.3 Å². The summed E-state index contributed by atoms with van der Waals surface area (Å²) >= 11 is 0. The molecular weight excluding hydrogens is 330 g/mol. The van der Waals surface area contributed by atoms with Crippen LogP contribution in [-0.2, 0) is 0 Å². The van der Waals surface area contributed by atoms with E-state index in [9.17, 15) is 5.11 Å². The Balaban J connectivity index is 1.51. The summed E-state index contributed by atoms with van der Waals surface area (Å²) in [6.07, 6.45) is 23.6. The molecule has 1 N–H and O–H groups in total. The molecule has 27 heavy (non-hydrogen) atoms. The first kappa shape index (κ1) is 21.5. The Hall–Kier alpha value is -1.83. The molecule has 1 heterocycles. The fraction of sp³-hybridized carbons (Fsp3) is 0.560. The van der Waals surface area contributed by atoms with Crippen molar-refractivity contribution >= 4 is 17.0 Å². The molecule has 1 aromatic carbocycles. The Labute approximate surface area is 165 Å². The van der Waals surface area contributed by atoms with E-state index in [1.807, 2.05) is 30.3 Å². The minimum atomic E-state index is 0.291. The molecule has 0 saturated heterocycles. The van der Waals surface area contributed by atoms with Crippen LogP contribution in [0.4, 0.5) is 0 Å². The van der Waals surface area contributed by atoms with Crippen LogP contribution in [0.5, 0.6) is 5.75 Å². The molecule has 0 spiro atoms. The molecule has 0 unspecified atom stereocenters. The van der Waals surface area contributed by atoms with Gasteiger partial charge in [0.2, 0.25) is 0 Å². The van der Waals surface area contributed by atoms with E-state index in [1.54, 1.807) is 6.20 Å². The molecule has 2 nitrogen and oxygen atoms in total. The van der Waals surface area contributed by atoms with Crippen molar-refractivity contribution in [2.24, 2.45) is 0 Å². The number of rotatable bonds is 14. The maximum atomic E-state index is 10.3. The van der Waals surface area contributed by atoms with Crippen molar-refractivity contribution in [1.82, 2.24) is 4.98 Å². The van der Waals surface area contributed by atoms with Crippen LogP contribution < -0.4 is 0 Å². The highest BCUT2D eigenvalue weighted by molar-refractivity contribution is 5.87. The van der Waals surface area contributed by atoms with Crippen molar-refractivity contribution in [3.8, 4) is 5.75 Å². The number of aromatic hydroxyl groups is 1. The van der Waals surface area contributed by atoms with E-state index in [-0.39, 0.29) is 0 Å². The summed E-state index contributed by atoms with van der Waals surface area (Å²) in [5, 5.41) is 11.3. The van der Waals surface area contributed by atoms with Gasteiger partial charge in [-0.3, -0.25) is 4.98 Å². The standard InChI is InChI=1S/C25H37NO/c1-2-3-4-5-6-7-8-9-10-11-12-13-14-15-17-23-20-19-22-18-16-21-26-24(22)25(23)27/h15-21,27H,2-14H2,1H3. The number of fused-ring (bicyclic) bond motifs is 1. The van der Waals surface area contributed by atoms with Crippen LogP contribution >= 0.6 is 0 Å². The monoisotopic (exact) mass is 367 g/mol. The van der Waals surface area contributed by atoms with Crippen molar-refractivity contribution in [3.05, 3.63) is 42.1 Å². The lowest BCUT2D eigenvalue weighted by atomic mass is 10.0. The van der Waals surface area contributed by atoms with E-state index in [1.165, 1.54) is 77.0 Å². The normalized spacial score (nSPS) is 11.6. The van der Waals surface area contributed by atoms with E-state index in [0.717, 1.165) is 17.4 Å². The van der Waals surface area contributed by atoms with Crippen LogP contribution in [0.15, 0.2) is 36.5 Å². The molecule has 0 aliphatic rings. The summed E-state index contributed by atoms with van der Waals surface area (Å²) < 4.78 is 0. The number of benzene rings is 1. The van der Waals surface area contributed by atoms with Crippen molar-refractivity contribution in [2.45, 2.75) is 90.4 Å². The average Bonchev–Trinajstić information content (AvgIpc) is 2.70. The van der Waals surface area contributed by atoms with Crippen LogP contribution in [0.25, 0.3) is 17.0 Å². The Kier molecular flexibility index (Phi) is 10.6. The molecule has 2 heteroatoms. The smallest absolute Gasteiger partial charge is 0.148 e. The van der Waals surface area contributed by atoms with Gasteiger partial charge < -0.3 is 5.11 Å². The molecule has 0 aliphatic heterocycles. The minimum absolute atomic E-state index is 0.291. The number of pyridine rings is 1. The van der Waals surface area contributed by atoms with E-state index in [2.05, 4.69) is 18.0 Å². The van der Waals surface area contributed by atoms with E-state index >= 15 is 0 Å². The predicted octanol–water partition coefficient (Wildman–Crippen LogP) is 8.04. The highest BCUT2D eigenvalue weighted by Gasteiger charge is 2.04. The Morgan fingerprint density at radius 2 is 1.44 bits per heavy atom. The van der Waals surface area contributed by atoms with Crippen molar-refractivity contribution in [1.29, 1.82) is 0 Å². The number of phenolic OH excluding ortho intramolecular Hbond substituents is 1. The average molecular weight is 368 g/mol. The predicted molar refractivity (Wildman–Crippen MR) is 118 cm³/mol. The van der Waals surface area contributed by atoms with Crippen LogP contribution in [0.1, 0.15) is 96.0 Å². The first-order valence-corrected chi connectivity index (χ1v) is 11.1. The van der Waals surface area contributed by atoms with Gasteiger partial charge in [0.05, 0.1) is 0 Å². The van der Waals surface area contributed by atoms with Crippen LogP contribution in [0, 0.1) is 0 Å². The number of nitrogens with zero attached hydrogens (tertiary/aromatic N) is 1. The SMILES string of the molecule is CCCCCCCCCCCCCCC=Cc1ccc2cccnc2c1O. The van der Waals surface area contributed by atoms with Gasteiger partial charge in [-0.1, -0.05) is 108 Å². The Morgan fingerprint density at radius 3 is 2.11 bits per heavy atom. The summed E-state index contributed by atoms with van der Waals surface area (Å²) in [6, 6.07) is 7.86. The second-order valence-corrected chi connectivity index (χ2v) is 7.66. The summed E-state index contributed by atoms with van der Waals surface area (Å²) in [5.74, 6) is 0.291. The molecule has 0 amide bonds. The van der Waals surface area contributed by atoms with Gasteiger partial charge in [-0.2, -0.15) is 0 Å². The highest BCUT2D eigenvalue weighted by atomic mass is 16.3. The third-order valence-corrected chi connectivity index (χ3v) is 5.30. The molecule has 148 valence electrons. The number of unbranched alkanes of at least 4 members (excludes halogenated alkanes) is 12. The highest BCUT2D eigenvalue weighted by Crippen LogP contribution is 2.27. The van der Waals surface area contributed by atoms with Gasteiger partial charge in [-0.25, -0.2) is 0 Å². The fourth-order valence-corrected chi connectivity index (χ4v) is 3.59. The van der Waals surface area contributed by atoms with Gasteiger partial charge in [0.1, 0.15) is 11.3 Å².